The fraction of sp³-hybridized carbons (Fsp3) is 1.00. The van der Waals surface area contributed by atoms with E-state index in [2.05, 4.69) is 0 Å². The standard InChI is InChI=1S/C12H22N2/c13-5-7-1-2-10-8-3-9(6-14)11(4-8)12(7)10/h7-12H,1-6,13-14H2. The summed E-state index contributed by atoms with van der Waals surface area (Å²) in [6.45, 7) is 1.84. The third-order valence-electron chi connectivity index (χ3n) is 5.40. The fourth-order valence-corrected chi connectivity index (χ4v) is 4.93. The zero-order valence-corrected chi connectivity index (χ0v) is 8.86. The van der Waals surface area contributed by atoms with Gasteiger partial charge in [-0.3, -0.25) is 0 Å². The van der Waals surface area contributed by atoms with Gasteiger partial charge in [0.15, 0.2) is 0 Å². The van der Waals surface area contributed by atoms with Crippen molar-refractivity contribution in [1.82, 2.24) is 0 Å². The predicted molar refractivity (Wildman–Crippen MR) is 57.5 cm³/mol. The number of rotatable bonds is 2. The quantitative estimate of drug-likeness (QED) is 0.694. The van der Waals surface area contributed by atoms with E-state index in [0.29, 0.717) is 0 Å². The van der Waals surface area contributed by atoms with Crippen LogP contribution in [0, 0.1) is 35.5 Å². The fourth-order valence-electron chi connectivity index (χ4n) is 4.93. The summed E-state index contributed by atoms with van der Waals surface area (Å²) in [6, 6.07) is 0. The van der Waals surface area contributed by atoms with Crippen LogP contribution >= 0.6 is 0 Å². The van der Waals surface area contributed by atoms with Gasteiger partial charge >= 0.3 is 0 Å². The van der Waals surface area contributed by atoms with Gasteiger partial charge in [0.25, 0.3) is 0 Å². The van der Waals surface area contributed by atoms with Crippen molar-refractivity contribution in [3.63, 3.8) is 0 Å². The maximum Gasteiger partial charge on any atom is -0.00460 e. The van der Waals surface area contributed by atoms with E-state index in [1.165, 1.54) is 25.7 Å². The molecule has 0 radical (unpaired) electrons. The van der Waals surface area contributed by atoms with Crippen LogP contribution in [0.5, 0.6) is 0 Å². The van der Waals surface area contributed by atoms with E-state index in [4.69, 9.17) is 11.5 Å². The summed E-state index contributed by atoms with van der Waals surface area (Å²) in [7, 11) is 0. The first-order valence-electron chi connectivity index (χ1n) is 6.25. The molecule has 14 heavy (non-hydrogen) atoms. The zero-order chi connectivity index (χ0) is 9.71. The van der Waals surface area contributed by atoms with Gasteiger partial charge in [-0.15, -0.1) is 0 Å². The molecule has 80 valence electrons. The van der Waals surface area contributed by atoms with E-state index < -0.39 is 0 Å². The Morgan fingerprint density at radius 1 is 0.857 bits per heavy atom. The third-order valence-corrected chi connectivity index (χ3v) is 5.40. The molecular weight excluding hydrogens is 172 g/mol. The molecule has 0 heterocycles. The zero-order valence-electron chi connectivity index (χ0n) is 8.86. The van der Waals surface area contributed by atoms with Gasteiger partial charge in [0.1, 0.15) is 0 Å². The Kier molecular flexibility index (Phi) is 2.10. The highest BCUT2D eigenvalue weighted by atomic mass is 14.7. The van der Waals surface area contributed by atoms with Crippen molar-refractivity contribution in [3.05, 3.63) is 0 Å². The molecule has 0 spiro atoms. The Balaban J connectivity index is 1.82. The molecule has 3 aliphatic carbocycles. The Labute approximate surface area is 86.4 Å². The van der Waals surface area contributed by atoms with Crippen LogP contribution in [0.1, 0.15) is 25.7 Å². The van der Waals surface area contributed by atoms with Crippen LogP contribution in [-0.2, 0) is 0 Å². The summed E-state index contributed by atoms with van der Waals surface area (Å²) < 4.78 is 0. The Morgan fingerprint density at radius 3 is 2.36 bits per heavy atom. The number of fused-ring (bicyclic) bond motifs is 5. The molecule has 2 nitrogen and oxygen atoms in total. The first-order valence-corrected chi connectivity index (χ1v) is 6.25. The molecule has 2 bridgehead atoms. The molecule has 2 heteroatoms. The predicted octanol–water partition coefficient (Wildman–Crippen LogP) is 1.20. The van der Waals surface area contributed by atoms with Crippen molar-refractivity contribution in [2.45, 2.75) is 25.7 Å². The highest BCUT2D eigenvalue weighted by Crippen LogP contribution is 2.62. The molecule has 6 unspecified atom stereocenters. The lowest BCUT2D eigenvalue weighted by atomic mass is 9.73. The highest BCUT2D eigenvalue weighted by Gasteiger charge is 2.56. The van der Waals surface area contributed by atoms with E-state index in [1.807, 2.05) is 0 Å². The van der Waals surface area contributed by atoms with Crippen molar-refractivity contribution in [1.29, 1.82) is 0 Å². The molecule has 0 aromatic rings. The van der Waals surface area contributed by atoms with Crippen LogP contribution in [0.2, 0.25) is 0 Å². The van der Waals surface area contributed by atoms with Crippen LogP contribution in [-0.4, -0.2) is 13.1 Å². The van der Waals surface area contributed by atoms with E-state index in [-0.39, 0.29) is 0 Å². The van der Waals surface area contributed by atoms with Gasteiger partial charge < -0.3 is 11.5 Å². The summed E-state index contributed by atoms with van der Waals surface area (Å²) in [6.07, 6.45) is 5.77. The molecule has 4 N–H and O–H groups in total. The Bertz CT molecular complexity index is 228. The first-order chi connectivity index (χ1) is 6.85. The van der Waals surface area contributed by atoms with Crippen LogP contribution in [0.15, 0.2) is 0 Å². The summed E-state index contributed by atoms with van der Waals surface area (Å²) in [5, 5.41) is 0. The largest absolute Gasteiger partial charge is 0.330 e. The highest BCUT2D eigenvalue weighted by molar-refractivity contribution is 5.05. The minimum absolute atomic E-state index is 0.837. The third kappa shape index (κ3) is 1.04. The maximum absolute atomic E-state index is 5.88. The molecule has 3 saturated carbocycles. The second kappa shape index (κ2) is 3.21. The summed E-state index contributed by atoms with van der Waals surface area (Å²) in [4.78, 5) is 0. The van der Waals surface area contributed by atoms with Crippen molar-refractivity contribution >= 4 is 0 Å². The summed E-state index contributed by atoms with van der Waals surface area (Å²) in [5.74, 6) is 5.66. The van der Waals surface area contributed by atoms with Crippen LogP contribution < -0.4 is 11.5 Å². The molecule has 3 fully saturated rings. The normalized spacial score (nSPS) is 55.3. The van der Waals surface area contributed by atoms with Gasteiger partial charge in [-0.2, -0.15) is 0 Å². The second-order valence-electron chi connectivity index (χ2n) is 5.71. The van der Waals surface area contributed by atoms with Gasteiger partial charge in [-0.25, -0.2) is 0 Å². The van der Waals surface area contributed by atoms with Gasteiger partial charge in [-0.1, -0.05) is 0 Å². The van der Waals surface area contributed by atoms with Crippen LogP contribution in [0.25, 0.3) is 0 Å². The Morgan fingerprint density at radius 2 is 1.64 bits per heavy atom. The number of nitrogens with two attached hydrogens (primary N) is 2. The average Bonchev–Trinajstić information content (AvgIpc) is 2.87. The number of hydrogen-bond donors (Lipinski definition) is 2. The SMILES string of the molecule is NCC1CC2CC1C1C(CN)CCC21. The van der Waals surface area contributed by atoms with Gasteiger partial charge in [0, 0.05) is 0 Å². The second-order valence-corrected chi connectivity index (χ2v) is 5.71. The topological polar surface area (TPSA) is 52.0 Å². The lowest BCUT2D eigenvalue weighted by Gasteiger charge is -2.33. The summed E-state index contributed by atoms with van der Waals surface area (Å²) in [5.41, 5.74) is 11.7. The van der Waals surface area contributed by atoms with Crippen molar-refractivity contribution in [3.8, 4) is 0 Å². The minimum Gasteiger partial charge on any atom is -0.330 e. The molecule has 3 rings (SSSR count). The van der Waals surface area contributed by atoms with E-state index in [1.54, 1.807) is 0 Å². The number of hydrogen-bond acceptors (Lipinski definition) is 2. The van der Waals surface area contributed by atoms with Crippen molar-refractivity contribution < 1.29 is 0 Å². The lowest BCUT2D eigenvalue weighted by Crippen LogP contribution is -2.34. The van der Waals surface area contributed by atoms with Crippen molar-refractivity contribution in [2.24, 2.45) is 47.0 Å². The smallest absolute Gasteiger partial charge is 0.00460 e. The van der Waals surface area contributed by atoms with Crippen LogP contribution in [0.3, 0.4) is 0 Å². The maximum atomic E-state index is 5.88. The van der Waals surface area contributed by atoms with Gasteiger partial charge in [0.05, 0.1) is 0 Å². The Hall–Kier alpha value is -0.0800. The molecule has 0 aromatic heterocycles. The lowest BCUT2D eigenvalue weighted by molar-refractivity contribution is 0.159. The molecule has 3 aliphatic rings. The molecule has 0 amide bonds. The average molecular weight is 194 g/mol. The molecule has 0 aliphatic heterocycles. The molecule has 6 atom stereocenters. The van der Waals surface area contributed by atoms with Gasteiger partial charge in [-0.05, 0) is 74.3 Å². The van der Waals surface area contributed by atoms with Crippen molar-refractivity contribution in [2.75, 3.05) is 13.1 Å². The molecule has 0 aromatic carbocycles. The van der Waals surface area contributed by atoms with Crippen LogP contribution in [0.4, 0.5) is 0 Å². The summed E-state index contributed by atoms with van der Waals surface area (Å²) >= 11 is 0. The first kappa shape index (κ1) is 9.17. The van der Waals surface area contributed by atoms with E-state index in [9.17, 15) is 0 Å². The molecular formula is C12H22N2. The minimum atomic E-state index is 0.837. The molecule has 0 saturated heterocycles. The van der Waals surface area contributed by atoms with E-state index in [0.717, 1.165) is 48.6 Å². The van der Waals surface area contributed by atoms with E-state index >= 15 is 0 Å². The van der Waals surface area contributed by atoms with Gasteiger partial charge in [0.2, 0.25) is 0 Å². The monoisotopic (exact) mass is 194 g/mol.